The number of rotatable bonds is 5. The lowest BCUT2D eigenvalue weighted by Crippen LogP contribution is -2.08. The van der Waals surface area contributed by atoms with Crippen LogP contribution in [0.25, 0.3) is 10.9 Å². The second-order valence-corrected chi connectivity index (χ2v) is 8.19. The van der Waals surface area contributed by atoms with Gasteiger partial charge in [0.15, 0.2) is 0 Å². The lowest BCUT2D eigenvalue weighted by Gasteiger charge is -2.18. The molecule has 0 radical (unpaired) electrons. The van der Waals surface area contributed by atoms with E-state index in [1.54, 1.807) is 29.9 Å². The molecule has 0 bridgehead atoms. The number of aromatic amines is 1. The van der Waals surface area contributed by atoms with E-state index in [0.29, 0.717) is 6.54 Å². The SMILES string of the molecule is CN(Sc1ccccn1)c1cccc2cc(C3=NCC(CO)S3)[nH]c12. The molecule has 0 spiro atoms. The fraction of sp³-hybridized carbons (Fsp3) is 0.222. The van der Waals surface area contributed by atoms with Crippen molar-refractivity contribution in [3.05, 3.63) is 54.4 Å². The quantitative estimate of drug-likeness (QED) is 0.672. The number of aliphatic hydroxyl groups excluding tert-OH is 1. The number of benzene rings is 1. The third-order valence-corrected chi connectivity index (χ3v) is 6.10. The number of aliphatic imine (C=N–C) groups is 1. The van der Waals surface area contributed by atoms with Crippen LogP contribution >= 0.6 is 23.7 Å². The van der Waals surface area contributed by atoms with Crippen molar-refractivity contribution in [1.29, 1.82) is 0 Å². The molecule has 1 atom stereocenters. The van der Waals surface area contributed by atoms with Gasteiger partial charge in [0.25, 0.3) is 0 Å². The van der Waals surface area contributed by atoms with E-state index >= 15 is 0 Å². The van der Waals surface area contributed by atoms with Crippen molar-refractivity contribution in [1.82, 2.24) is 9.97 Å². The maximum Gasteiger partial charge on any atom is 0.117 e. The Morgan fingerprint density at radius 1 is 1.32 bits per heavy atom. The van der Waals surface area contributed by atoms with E-state index in [-0.39, 0.29) is 11.9 Å². The van der Waals surface area contributed by atoms with Crippen LogP contribution in [0.4, 0.5) is 5.69 Å². The molecular formula is C18H18N4OS2. The van der Waals surface area contributed by atoms with Crippen molar-refractivity contribution in [3.63, 3.8) is 0 Å². The summed E-state index contributed by atoms with van der Waals surface area (Å²) in [5.74, 6) is 0. The molecule has 5 nitrogen and oxygen atoms in total. The Morgan fingerprint density at radius 2 is 2.24 bits per heavy atom. The molecule has 0 saturated carbocycles. The highest BCUT2D eigenvalue weighted by atomic mass is 32.2. The Bertz CT molecular complexity index is 910. The summed E-state index contributed by atoms with van der Waals surface area (Å²) in [4.78, 5) is 12.4. The minimum atomic E-state index is 0.159. The normalized spacial score (nSPS) is 17.0. The Morgan fingerprint density at radius 3 is 3.00 bits per heavy atom. The lowest BCUT2D eigenvalue weighted by molar-refractivity contribution is 0.297. The molecule has 128 valence electrons. The number of fused-ring (bicyclic) bond motifs is 1. The molecule has 1 aromatic carbocycles. The molecule has 0 fully saturated rings. The van der Waals surface area contributed by atoms with E-state index in [1.165, 1.54) is 0 Å². The van der Waals surface area contributed by atoms with Crippen molar-refractivity contribution < 1.29 is 5.11 Å². The average Bonchev–Trinajstić information content (AvgIpc) is 3.28. The number of pyridine rings is 1. The Kier molecular flexibility index (Phi) is 4.70. The van der Waals surface area contributed by atoms with Gasteiger partial charge in [0.05, 0.1) is 35.3 Å². The zero-order valence-electron chi connectivity index (χ0n) is 13.7. The van der Waals surface area contributed by atoms with Gasteiger partial charge in [0.2, 0.25) is 0 Å². The number of hydrogen-bond acceptors (Lipinski definition) is 6. The molecule has 0 amide bonds. The molecule has 0 aliphatic carbocycles. The summed E-state index contributed by atoms with van der Waals surface area (Å²) in [6, 6.07) is 14.3. The highest BCUT2D eigenvalue weighted by Gasteiger charge is 2.22. The zero-order valence-corrected chi connectivity index (χ0v) is 15.3. The Balaban J connectivity index is 1.64. The minimum Gasteiger partial charge on any atom is -0.395 e. The molecule has 1 aliphatic heterocycles. The number of H-pyrrole nitrogens is 1. The van der Waals surface area contributed by atoms with Gasteiger partial charge in [-0.2, -0.15) is 0 Å². The van der Waals surface area contributed by atoms with Crippen LogP contribution < -0.4 is 4.31 Å². The monoisotopic (exact) mass is 370 g/mol. The van der Waals surface area contributed by atoms with E-state index in [1.807, 2.05) is 25.2 Å². The summed E-state index contributed by atoms with van der Waals surface area (Å²) in [5.41, 5.74) is 3.19. The zero-order chi connectivity index (χ0) is 17.2. The Labute approximate surface area is 154 Å². The number of aliphatic hydroxyl groups is 1. The largest absolute Gasteiger partial charge is 0.395 e. The molecule has 2 aromatic heterocycles. The summed E-state index contributed by atoms with van der Waals surface area (Å²) < 4.78 is 2.12. The van der Waals surface area contributed by atoms with Gasteiger partial charge in [-0.15, -0.1) is 0 Å². The summed E-state index contributed by atoms with van der Waals surface area (Å²) in [5, 5.41) is 12.6. The molecular weight excluding hydrogens is 352 g/mol. The lowest BCUT2D eigenvalue weighted by atomic mass is 10.2. The fourth-order valence-corrected chi connectivity index (χ4v) is 4.47. The van der Waals surface area contributed by atoms with Crippen LogP contribution in [0.2, 0.25) is 0 Å². The van der Waals surface area contributed by atoms with Crippen molar-refractivity contribution in [2.24, 2.45) is 4.99 Å². The van der Waals surface area contributed by atoms with Crippen LogP contribution in [-0.2, 0) is 0 Å². The predicted octanol–water partition coefficient (Wildman–Crippen LogP) is 3.56. The number of aromatic nitrogens is 2. The molecule has 2 N–H and O–H groups in total. The van der Waals surface area contributed by atoms with Crippen molar-refractivity contribution >= 4 is 45.3 Å². The van der Waals surface area contributed by atoms with Crippen LogP contribution in [0.15, 0.2) is 58.7 Å². The summed E-state index contributed by atoms with van der Waals surface area (Å²) in [7, 11) is 2.04. The van der Waals surface area contributed by atoms with Gasteiger partial charge in [-0.25, -0.2) is 4.98 Å². The summed E-state index contributed by atoms with van der Waals surface area (Å²) >= 11 is 3.23. The molecule has 1 unspecified atom stereocenters. The molecule has 4 rings (SSSR count). The maximum atomic E-state index is 9.31. The molecule has 25 heavy (non-hydrogen) atoms. The molecule has 1 aliphatic rings. The van der Waals surface area contributed by atoms with Gasteiger partial charge in [-0.1, -0.05) is 30.0 Å². The highest BCUT2D eigenvalue weighted by molar-refractivity contribution is 8.15. The number of nitrogens with zero attached hydrogens (tertiary/aromatic N) is 3. The summed E-state index contributed by atoms with van der Waals surface area (Å²) in [6.45, 7) is 0.834. The van der Waals surface area contributed by atoms with Crippen LogP contribution in [0, 0.1) is 0 Å². The van der Waals surface area contributed by atoms with Gasteiger partial charge in [0, 0.05) is 30.6 Å². The van der Waals surface area contributed by atoms with Crippen molar-refractivity contribution in [2.45, 2.75) is 10.3 Å². The first-order chi connectivity index (χ1) is 12.2. The maximum absolute atomic E-state index is 9.31. The first-order valence-corrected chi connectivity index (χ1v) is 9.66. The molecule has 3 aromatic rings. The third kappa shape index (κ3) is 3.40. The van der Waals surface area contributed by atoms with E-state index in [4.69, 9.17) is 0 Å². The summed E-state index contributed by atoms with van der Waals surface area (Å²) in [6.07, 6.45) is 1.80. The number of anilines is 1. The van der Waals surface area contributed by atoms with Crippen LogP contribution in [-0.4, -0.2) is 45.6 Å². The third-order valence-electron chi connectivity index (χ3n) is 3.99. The van der Waals surface area contributed by atoms with E-state index in [2.05, 4.69) is 43.5 Å². The number of thioether (sulfide) groups is 1. The predicted molar refractivity (Wildman–Crippen MR) is 107 cm³/mol. The van der Waals surface area contributed by atoms with Gasteiger partial charge in [-0.3, -0.25) is 4.99 Å². The fourth-order valence-electron chi connectivity index (χ4n) is 2.77. The van der Waals surface area contributed by atoms with Gasteiger partial charge >= 0.3 is 0 Å². The average molecular weight is 371 g/mol. The first kappa shape index (κ1) is 16.5. The highest BCUT2D eigenvalue weighted by Crippen LogP contribution is 2.34. The number of para-hydroxylation sites is 1. The van der Waals surface area contributed by atoms with E-state index in [0.717, 1.165) is 32.4 Å². The van der Waals surface area contributed by atoms with E-state index in [9.17, 15) is 5.11 Å². The van der Waals surface area contributed by atoms with Gasteiger partial charge in [0.1, 0.15) is 10.1 Å². The standard InChI is InChI=1S/C18H18N4OS2/c1-22(25-16-7-2-3-8-19-16)15-6-4-5-12-9-14(21-17(12)15)18-20-10-13(11-23)24-18/h2-9,13,21,23H,10-11H2,1H3. The minimum absolute atomic E-state index is 0.159. The number of nitrogens with one attached hydrogen (secondary N) is 1. The molecule has 0 saturated heterocycles. The van der Waals surface area contributed by atoms with Crippen LogP contribution in [0.5, 0.6) is 0 Å². The van der Waals surface area contributed by atoms with Crippen LogP contribution in [0.1, 0.15) is 5.69 Å². The topological polar surface area (TPSA) is 64.5 Å². The molecule has 3 heterocycles. The van der Waals surface area contributed by atoms with Crippen LogP contribution in [0.3, 0.4) is 0 Å². The second kappa shape index (κ2) is 7.11. The van der Waals surface area contributed by atoms with Gasteiger partial charge in [-0.05, 0) is 24.3 Å². The second-order valence-electron chi connectivity index (χ2n) is 5.75. The Hall–Kier alpha value is -1.96. The van der Waals surface area contributed by atoms with Crippen molar-refractivity contribution in [2.75, 3.05) is 24.5 Å². The van der Waals surface area contributed by atoms with Crippen molar-refractivity contribution in [3.8, 4) is 0 Å². The van der Waals surface area contributed by atoms with E-state index < -0.39 is 0 Å². The first-order valence-electron chi connectivity index (χ1n) is 8.01. The molecule has 7 heteroatoms. The van der Waals surface area contributed by atoms with Gasteiger partial charge < -0.3 is 14.4 Å². The number of hydrogen-bond donors (Lipinski definition) is 2. The smallest absolute Gasteiger partial charge is 0.117 e.